The SMILES string of the molecule is CCCCCCCCCCCCCCCCCCNC(=S)NCCOc1ccc(C)cc1Cc1cc(C)cc(Cc2cc(C)ccc2OCCNC(=S)NCCCCCCCCCCCCCCCCCC)c1OCCNC(=S)NCCCCCCCCCCCCCCCCCC. The smallest absolute Gasteiger partial charge is 0.166 e. The number of thiocarbonyl (C=S) groups is 3. The molecule has 0 bridgehead atoms. The first kappa shape index (κ1) is 88.3. The van der Waals surface area contributed by atoms with E-state index < -0.39 is 0 Å². The molecule has 0 amide bonds. The minimum Gasteiger partial charge on any atom is -0.491 e. The van der Waals surface area contributed by atoms with Crippen molar-refractivity contribution in [3.05, 3.63) is 87.5 Å². The van der Waals surface area contributed by atoms with Crippen molar-refractivity contribution in [1.29, 1.82) is 0 Å². The topological polar surface area (TPSA) is 99.9 Å². The molecular formula is C86H150N6O3S3. The predicted molar refractivity (Wildman–Crippen MR) is 440 cm³/mol. The molecule has 0 radical (unpaired) electrons. The van der Waals surface area contributed by atoms with Gasteiger partial charge >= 0.3 is 0 Å². The molecular weight excluding hydrogens is 1260 g/mol. The second-order valence-electron chi connectivity index (χ2n) is 29.0. The predicted octanol–water partition coefficient (Wildman–Crippen LogP) is 24.1. The first-order valence-electron chi connectivity index (χ1n) is 41.4. The molecule has 560 valence electrons. The number of rotatable bonds is 67. The molecule has 12 heteroatoms. The van der Waals surface area contributed by atoms with Gasteiger partial charge in [-0.05, 0) is 111 Å². The molecule has 0 saturated heterocycles. The molecule has 0 atom stereocenters. The van der Waals surface area contributed by atoms with E-state index in [1.165, 1.54) is 306 Å². The van der Waals surface area contributed by atoms with Gasteiger partial charge in [0, 0.05) is 32.5 Å². The van der Waals surface area contributed by atoms with Crippen molar-refractivity contribution in [2.24, 2.45) is 0 Å². The quantitative estimate of drug-likeness (QED) is 0.0240. The van der Waals surface area contributed by atoms with Gasteiger partial charge in [-0.3, -0.25) is 0 Å². The summed E-state index contributed by atoms with van der Waals surface area (Å²) < 4.78 is 20.1. The Bertz CT molecular complexity index is 2270. The number of nitrogens with one attached hydrogen (secondary N) is 6. The zero-order chi connectivity index (χ0) is 70.2. The molecule has 3 aromatic rings. The summed E-state index contributed by atoms with van der Waals surface area (Å²) in [4.78, 5) is 0. The third-order valence-electron chi connectivity index (χ3n) is 19.5. The molecule has 0 spiro atoms. The van der Waals surface area contributed by atoms with E-state index in [4.69, 9.17) is 50.9 Å². The molecule has 0 aliphatic heterocycles. The van der Waals surface area contributed by atoms with Crippen LogP contribution in [0.15, 0.2) is 48.5 Å². The summed E-state index contributed by atoms with van der Waals surface area (Å²) in [6.45, 7) is 19.3. The molecule has 0 aliphatic rings. The number of aryl methyl sites for hydroxylation is 3. The van der Waals surface area contributed by atoms with Crippen molar-refractivity contribution in [2.45, 2.75) is 363 Å². The molecule has 0 unspecified atom stereocenters. The van der Waals surface area contributed by atoms with Crippen LogP contribution in [0.3, 0.4) is 0 Å². The van der Waals surface area contributed by atoms with Crippen LogP contribution in [0.5, 0.6) is 17.2 Å². The monoisotopic (exact) mass is 1410 g/mol. The first-order valence-corrected chi connectivity index (χ1v) is 42.6. The minimum atomic E-state index is 0.455. The van der Waals surface area contributed by atoms with Crippen molar-refractivity contribution in [3.8, 4) is 17.2 Å². The van der Waals surface area contributed by atoms with Crippen LogP contribution in [0.1, 0.15) is 368 Å². The number of benzene rings is 3. The van der Waals surface area contributed by atoms with Gasteiger partial charge in [0.15, 0.2) is 15.3 Å². The van der Waals surface area contributed by atoms with Crippen LogP contribution >= 0.6 is 36.7 Å². The summed E-state index contributed by atoms with van der Waals surface area (Å²) in [5.41, 5.74) is 8.05. The maximum atomic E-state index is 6.95. The standard InChI is InChI=1S/C86H150N6O3S3/c1-7-10-13-16-19-22-25-28-31-34-37-40-43-46-49-52-59-87-84(96)90-62-65-93-81-57-55-74(4)68-77(81)72-79-70-76(6)71-80(83(79)95-67-64-92-86(98)89-61-54-51-48-45-42-39-36-33-30-27-24-21-18-15-12-9-3)73-78-69-75(5)56-58-82(78)94-66-63-91-85(97)88-60-53-50-47-44-41-38-35-32-29-26-23-20-17-14-11-8-2/h55-58,68-71H,7-54,59-67,72-73H2,1-6H3,(H2,87,90,96)(H2,88,91,97)(H2,89,92,98). The van der Waals surface area contributed by atoms with Crippen LogP contribution in [0.4, 0.5) is 0 Å². The number of ether oxygens (including phenoxy) is 3. The van der Waals surface area contributed by atoms with Gasteiger partial charge < -0.3 is 46.1 Å². The molecule has 0 aromatic heterocycles. The van der Waals surface area contributed by atoms with Crippen LogP contribution in [0.25, 0.3) is 0 Å². The molecule has 3 rings (SSSR count). The van der Waals surface area contributed by atoms with E-state index in [1.54, 1.807) is 0 Å². The largest absolute Gasteiger partial charge is 0.491 e. The first-order chi connectivity index (χ1) is 48.1. The summed E-state index contributed by atoms with van der Waals surface area (Å²) in [6, 6.07) is 17.6. The fraction of sp³-hybridized carbons (Fsp3) is 0.756. The van der Waals surface area contributed by atoms with Gasteiger partial charge in [0.25, 0.3) is 0 Å². The molecule has 0 heterocycles. The third kappa shape index (κ3) is 49.7. The summed E-state index contributed by atoms with van der Waals surface area (Å²) in [5.74, 6) is 2.65. The van der Waals surface area contributed by atoms with E-state index in [1.807, 2.05) is 0 Å². The van der Waals surface area contributed by atoms with Crippen molar-refractivity contribution < 1.29 is 14.2 Å². The Morgan fingerprint density at radius 2 is 0.469 bits per heavy atom. The molecule has 0 saturated carbocycles. The highest BCUT2D eigenvalue weighted by Gasteiger charge is 2.18. The second kappa shape index (κ2) is 64.0. The van der Waals surface area contributed by atoms with Gasteiger partial charge in [-0.1, -0.05) is 363 Å². The summed E-state index contributed by atoms with van der Waals surface area (Å²) >= 11 is 17.2. The average molecular weight is 1410 g/mol. The lowest BCUT2D eigenvalue weighted by atomic mass is 9.93. The Morgan fingerprint density at radius 3 is 0.724 bits per heavy atom. The van der Waals surface area contributed by atoms with Crippen LogP contribution in [0, 0.1) is 20.8 Å². The molecule has 98 heavy (non-hydrogen) atoms. The van der Waals surface area contributed by atoms with Gasteiger partial charge in [-0.25, -0.2) is 0 Å². The van der Waals surface area contributed by atoms with Gasteiger partial charge in [-0.2, -0.15) is 0 Å². The lowest BCUT2D eigenvalue weighted by Gasteiger charge is -2.21. The fourth-order valence-electron chi connectivity index (χ4n) is 13.5. The summed E-state index contributed by atoms with van der Waals surface area (Å²) in [6.07, 6.45) is 67.1. The molecule has 0 fully saturated rings. The van der Waals surface area contributed by atoms with Gasteiger partial charge in [0.1, 0.15) is 37.1 Å². The summed E-state index contributed by atoms with van der Waals surface area (Å²) in [5, 5.41) is 22.7. The molecule has 3 aromatic carbocycles. The third-order valence-corrected chi connectivity index (χ3v) is 20.3. The van der Waals surface area contributed by atoms with Gasteiger partial charge in [0.05, 0.1) is 19.6 Å². The second-order valence-corrected chi connectivity index (χ2v) is 30.2. The number of unbranched alkanes of at least 4 members (excludes halogenated alkanes) is 45. The maximum Gasteiger partial charge on any atom is 0.166 e. The van der Waals surface area contributed by atoms with Gasteiger partial charge in [-0.15, -0.1) is 0 Å². The maximum absolute atomic E-state index is 6.95. The fourth-order valence-corrected chi connectivity index (χ4v) is 14.2. The van der Waals surface area contributed by atoms with Gasteiger partial charge in [0.2, 0.25) is 0 Å². The van der Waals surface area contributed by atoms with Crippen LogP contribution in [-0.4, -0.2) is 74.4 Å². The lowest BCUT2D eigenvalue weighted by Crippen LogP contribution is -2.38. The van der Waals surface area contributed by atoms with E-state index >= 15 is 0 Å². The normalized spacial score (nSPS) is 11.2. The van der Waals surface area contributed by atoms with Crippen molar-refractivity contribution in [1.82, 2.24) is 31.9 Å². The highest BCUT2D eigenvalue weighted by atomic mass is 32.1. The lowest BCUT2D eigenvalue weighted by molar-refractivity contribution is 0.312. The molecule has 6 N–H and O–H groups in total. The van der Waals surface area contributed by atoms with Crippen LogP contribution < -0.4 is 46.1 Å². The Hall–Kier alpha value is -3.87. The van der Waals surface area contributed by atoms with E-state index in [0.29, 0.717) is 67.6 Å². The van der Waals surface area contributed by atoms with Crippen molar-refractivity contribution in [2.75, 3.05) is 59.1 Å². The highest BCUT2D eigenvalue weighted by molar-refractivity contribution is 7.80. The average Bonchev–Trinajstić information content (AvgIpc) is 0.809. The Kier molecular flexibility index (Phi) is 57.7. The van der Waals surface area contributed by atoms with E-state index in [0.717, 1.165) is 78.4 Å². The van der Waals surface area contributed by atoms with Crippen molar-refractivity contribution in [3.63, 3.8) is 0 Å². The van der Waals surface area contributed by atoms with E-state index in [9.17, 15) is 0 Å². The zero-order valence-corrected chi connectivity index (χ0v) is 66.7. The number of hydrogen-bond acceptors (Lipinski definition) is 6. The molecule has 0 aliphatic carbocycles. The Morgan fingerprint density at radius 1 is 0.255 bits per heavy atom. The van der Waals surface area contributed by atoms with E-state index in [2.05, 4.69) is 122 Å². The Labute approximate surface area is 620 Å². The number of hydrogen-bond donors (Lipinski definition) is 6. The Balaban J connectivity index is 1.51. The van der Waals surface area contributed by atoms with Crippen LogP contribution in [0.2, 0.25) is 0 Å². The summed E-state index contributed by atoms with van der Waals surface area (Å²) in [7, 11) is 0. The van der Waals surface area contributed by atoms with Crippen molar-refractivity contribution >= 4 is 52.0 Å². The highest BCUT2D eigenvalue weighted by Crippen LogP contribution is 2.35. The zero-order valence-electron chi connectivity index (χ0n) is 64.3. The van der Waals surface area contributed by atoms with Crippen LogP contribution in [-0.2, 0) is 12.8 Å². The van der Waals surface area contributed by atoms with E-state index in [-0.39, 0.29) is 0 Å². The molecule has 9 nitrogen and oxygen atoms in total. The minimum absolute atomic E-state index is 0.455.